The van der Waals surface area contributed by atoms with Crippen LogP contribution in [-0.2, 0) is 19.8 Å². The van der Waals surface area contributed by atoms with E-state index in [4.69, 9.17) is 0 Å². The normalized spacial score (nSPS) is 27.0. The van der Waals surface area contributed by atoms with E-state index in [1.54, 1.807) is 6.07 Å². The van der Waals surface area contributed by atoms with Crippen molar-refractivity contribution in [3.8, 4) is 0 Å². The van der Waals surface area contributed by atoms with Gasteiger partial charge < -0.3 is 9.90 Å². The molecule has 0 aromatic heterocycles. The van der Waals surface area contributed by atoms with Crippen molar-refractivity contribution < 1.29 is 24.3 Å². The van der Waals surface area contributed by atoms with E-state index < -0.39 is 35.0 Å². The standard InChI is InChI=1S/C26H17NO5/c28-13-26-18-10-3-1-8-16(18)20(17-9-2-4-11-19(17)26)21-22(26)24(30)27(23(21)29)15-7-5-6-14(12-15)25(31)32/h1-13,20-22H,(H,31,32)/t20?,21-,22-,26?/m1/s1. The van der Waals surface area contributed by atoms with E-state index in [2.05, 4.69) is 0 Å². The van der Waals surface area contributed by atoms with Crippen molar-refractivity contribution in [3.05, 3.63) is 101 Å². The minimum atomic E-state index is -1.27. The molecule has 1 fully saturated rings. The van der Waals surface area contributed by atoms with E-state index in [0.717, 1.165) is 33.4 Å². The Bertz CT molecular complexity index is 1310. The van der Waals surface area contributed by atoms with Gasteiger partial charge >= 0.3 is 5.97 Å². The lowest BCUT2D eigenvalue weighted by Gasteiger charge is -2.51. The van der Waals surface area contributed by atoms with Crippen LogP contribution in [-0.4, -0.2) is 29.2 Å². The van der Waals surface area contributed by atoms with Crippen molar-refractivity contribution in [3.63, 3.8) is 0 Å². The molecule has 3 aliphatic carbocycles. The second-order valence-electron chi connectivity index (χ2n) is 8.51. The molecule has 1 saturated heterocycles. The Morgan fingerprint density at radius 2 is 1.50 bits per heavy atom. The summed E-state index contributed by atoms with van der Waals surface area (Å²) in [5, 5.41) is 9.37. The molecule has 1 aliphatic heterocycles. The first-order valence-corrected chi connectivity index (χ1v) is 10.4. The summed E-state index contributed by atoms with van der Waals surface area (Å²) in [7, 11) is 0. The largest absolute Gasteiger partial charge is 0.478 e. The third kappa shape index (κ3) is 2.04. The van der Waals surface area contributed by atoms with Gasteiger partial charge in [0.25, 0.3) is 0 Å². The highest BCUT2D eigenvalue weighted by atomic mass is 16.4. The number of hydrogen-bond donors (Lipinski definition) is 1. The molecule has 6 heteroatoms. The van der Waals surface area contributed by atoms with E-state index in [1.165, 1.54) is 18.2 Å². The monoisotopic (exact) mass is 423 g/mol. The number of carbonyl (C=O) groups is 4. The van der Waals surface area contributed by atoms with Crippen LogP contribution in [0.3, 0.4) is 0 Å². The SMILES string of the molecule is O=CC12c3ccccc3C(c3ccccc31)[C@H]1C(=O)N(c3cccc(C(=O)O)c3)C(=O)[C@@H]12. The molecule has 3 aromatic rings. The van der Waals surface area contributed by atoms with Crippen molar-refractivity contribution in [2.45, 2.75) is 11.3 Å². The van der Waals surface area contributed by atoms with Crippen LogP contribution < -0.4 is 4.90 Å². The quantitative estimate of drug-likeness (QED) is 0.516. The maximum absolute atomic E-state index is 13.8. The highest BCUT2D eigenvalue weighted by Crippen LogP contribution is 2.63. The lowest BCUT2D eigenvalue weighted by atomic mass is 9.48. The minimum Gasteiger partial charge on any atom is -0.478 e. The van der Waals surface area contributed by atoms with Crippen molar-refractivity contribution in [2.24, 2.45) is 11.8 Å². The van der Waals surface area contributed by atoms with Gasteiger partial charge in [0.15, 0.2) is 0 Å². The maximum Gasteiger partial charge on any atom is 0.335 e. The molecular formula is C26H17NO5. The maximum atomic E-state index is 13.8. The molecule has 7 rings (SSSR count). The first-order valence-electron chi connectivity index (χ1n) is 10.4. The number of aromatic carboxylic acids is 1. The van der Waals surface area contributed by atoms with Crippen molar-refractivity contribution in [1.82, 2.24) is 0 Å². The second-order valence-corrected chi connectivity index (χ2v) is 8.51. The third-order valence-corrected chi connectivity index (χ3v) is 7.22. The zero-order valence-electron chi connectivity index (χ0n) is 16.8. The van der Waals surface area contributed by atoms with Gasteiger partial charge in [0.05, 0.1) is 28.5 Å². The van der Waals surface area contributed by atoms with Gasteiger partial charge in [0, 0.05) is 5.92 Å². The van der Waals surface area contributed by atoms with Gasteiger partial charge in [0.1, 0.15) is 6.29 Å². The van der Waals surface area contributed by atoms with Crippen molar-refractivity contribution in [2.75, 3.05) is 4.90 Å². The number of carboxylic acid groups (broad SMARTS) is 1. The number of hydrogen-bond acceptors (Lipinski definition) is 4. The molecule has 4 aliphatic rings. The molecule has 0 unspecified atom stereocenters. The Kier molecular flexibility index (Phi) is 3.64. The van der Waals surface area contributed by atoms with Gasteiger partial charge in [-0.3, -0.25) is 9.59 Å². The van der Waals surface area contributed by atoms with E-state index in [0.29, 0.717) is 0 Å². The number of amides is 2. The Balaban J connectivity index is 1.61. The summed E-state index contributed by atoms with van der Waals surface area (Å²) in [5.74, 6) is -3.97. The van der Waals surface area contributed by atoms with E-state index >= 15 is 0 Å². The number of aldehydes is 1. The highest BCUT2D eigenvalue weighted by Gasteiger charge is 2.68. The molecule has 0 spiro atoms. The number of carbonyl (C=O) groups excluding carboxylic acids is 3. The summed E-state index contributed by atoms with van der Waals surface area (Å²) < 4.78 is 0. The Labute approximate surface area is 183 Å². The Hall–Kier alpha value is -4.06. The van der Waals surface area contributed by atoms with Gasteiger partial charge in [-0.15, -0.1) is 0 Å². The highest BCUT2D eigenvalue weighted by molar-refractivity contribution is 6.25. The molecule has 2 amide bonds. The molecule has 32 heavy (non-hydrogen) atoms. The molecule has 1 N–H and O–H groups in total. The second kappa shape index (κ2) is 6.23. The molecule has 2 bridgehead atoms. The van der Waals surface area contributed by atoms with Gasteiger partial charge in [-0.25, -0.2) is 9.69 Å². The number of carboxylic acids is 1. The van der Waals surface area contributed by atoms with E-state index in [9.17, 15) is 24.3 Å². The molecule has 0 radical (unpaired) electrons. The van der Waals surface area contributed by atoms with Crippen LogP contribution in [0.5, 0.6) is 0 Å². The van der Waals surface area contributed by atoms with E-state index in [-0.39, 0.29) is 17.2 Å². The lowest BCUT2D eigenvalue weighted by Crippen LogP contribution is -2.54. The molecule has 1 heterocycles. The summed E-state index contributed by atoms with van der Waals surface area (Å²) in [6, 6.07) is 20.8. The van der Waals surface area contributed by atoms with Crippen molar-refractivity contribution >= 4 is 29.8 Å². The molecule has 156 valence electrons. The van der Waals surface area contributed by atoms with Crippen molar-refractivity contribution in [1.29, 1.82) is 0 Å². The van der Waals surface area contributed by atoms with Crippen LogP contribution in [0, 0.1) is 11.8 Å². The first-order chi connectivity index (χ1) is 15.5. The van der Waals surface area contributed by atoms with Crippen LogP contribution >= 0.6 is 0 Å². The fourth-order valence-electron chi connectivity index (χ4n) is 6.06. The molecular weight excluding hydrogens is 406 g/mol. The number of nitrogens with zero attached hydrogens (tertiary/aromatic N) is 1. The third-order valence-electron chi connectivity index (χ3n) is 7.22. The number of benzene rings is 3. The minimum absolute atomic E-state index is 0.0161. The Morgan fingerprint density at radius 1 is 0.875 bits per heavy atom. The molecule has 6 nitrogen and oxygen atoms in total. The number of imide groups is 1. The van der Waals surface area contributed by atoms with Gasteiger partial charge in [-0.05, 0) is 40.5 Å². The van der Waals surface area contributed by atoms with Crippen LogP contribution in [0.15, 0.2) is 72.8 Å². The van der Waals surface area contributed by atoms with E-state index in [1.807, 2.05) is 48.5 Å². The lowest BCUT2D eigenvalue weighted by molar-refractivity contribution is -0.128. The molecule has 3 aromatic carbocycles. The average Bonchev–Trinajstić information content (AvgIpc) is 3.10. The van der Waals surface area contributed by atoms with Gasteiger partial charge in [0.2, 0.25) is 11.8 Å². The fraction of sp³-hybridized carbons (Fsp3) is 0.154. The zero-order valence-corrected chi connectivity index (χ0v) is 16.8. The summed E-state index contributed by atoms with van der Waals surface area (Å²) >= 11 is 0. The first kappa shape index (κ1) is 18.7. The fourth-order valence-corrected chi connectivity index (χ4v) is 6.06. The van der Waals surface area contributed by atoms with Crippen LogP contribution in [0.1, 0.15) is 38.5 Å². The summed E-state index contributed by atoms with van der Waals surface area (Å²) in [5.41, 5.74) is 2.24. The predicted molar refractivity (Wildman–Crippen MR) is 114 cm³/mol. The van der Waals surface area contributed by atoms with Crippen LogP contribution in [0.2, 0.25) is 0 Å². The Morgan fingerprint density at radius 3 is 2.09 bits per heavy atom. The smallest absolute Gasteiger partial charge is 0.335 e. The van der Waals surface area contributed by atoms with Gasteiger partial charge in [-0.1, -0.05) is 54.6 Å². The summed E-state index contributed by atoms with van der Waals surface area (Å²) in [6.07, 6.45) is 0.820. The number of anilines is 1. The average molecular weight is 423 g/mol. The topological polar surface area (TPSA) is 91.8 Å². The summed E-state index contributed by atoms with van der Waals surface area (Å²) in [4.78, 5) is 53.0. The van der Waals surface area contributed by atoms with Crippen LogP contribution in [0.25, 0.3) is 0 Å². The van der Waals surface area contributed by atoms with Crippen LogP contribution in [0.4, 0.5) is 5.69 Å². The zero-order chi connectivity index (χ0) is 22.2. The van der Waals surface area contributed by atoms with Gasteiger partial charge in [-0.2, -0.15) is 0 Å². The molecule has 0 saturated carbocycles. The molecule has 2 atom stereocenters. The summed E-state index contributed by atoms with van der Waals surface area (Å²) in [6.45, 7) is 0. The number of rotatable bonds is 3. The predicted octanol–water partition coefficient (Wildman–Crippen LogP) is 3.13.